The van der Waals surface area contributed by atoms with Gasteiger partial charge in [0.1, 0.15) is 5.82 Å². The Labute approximate surface area is 181 Å². The lowest BCUT2D eigenvalue weighted by Crippen LogP contribution is -2.57. The minimum atomic E-state index is -3.08. The number of aromatic nitrogens is 1. The highest BCUT2D eigenvalue weighted by Crippen LogP contribution is 2.24. The van der Waals surface area contributed by atoms with Crippen molar-refractivity contribution in [2.45, 2.75) is 39.0 Å². The number of nitrogens with one attached hydrogen (secondary N) is 1. The summed E-state index contributed by atoms with van der Waals surface area (Å²) in [5, 5.41) is 3.33. The third kappa shape index (κ3) is 5.24. The standard InChI is InChI=1S/C21H36N6O2S/c1-5-22-20(27-13-14-30(28,29)21(3,4)17-27)24-16-18-7-8-23-19(15-18)26-11-9-25(6-2)10-12-26/h7-8,15H,5-6,9-14,16-17H2,1-4H3,(H,22,24). The normalized spacial score (nSPS) is 22.2. The molecule has 3 heterocycles. The van der Waals surface area contributed by atoms with Crippen LogP contribution in [0.2, 0.25) is 0 Å². The largest absolute Gasteiger partial charge is 0.357 e. The summed E-state index contributed by atoms with van der Waals surface area (Å²) in [6.07, 6.45) is 1.86. The number of anilines is 1. The summed E-state index contributed by atoms with van der Waals surface area (Å²) in [7, 11) is -3.08. The number of hydrogen-bond acceptors (Lipinski definition) is 6. The molecule has 2 fully saturated rings. The van der Waals surface area contributed by atoms with E-state index in [-0.39, 0.29) is 5.75 Å². The quantitative estimate of drug-likeness (QED) is 0.549. The zero-order valence-corrected chi connectivity index (χ0v) is 19.6. The third-order valence-electron chi connectivity index (χ3n) is 6.04. The van der Waals surface area contributed by atoms with E-state index < -0.39 is 14.6 Å². The van der Waals surface area contributed by atoms with Gasteiger partial charge in [0.15, 0.2) is 15.8 Å². The molecular weight excluding hydrogens is 400 g/mol. The summed E-state index contributed by atoms with van der Waals surface area (Å²) in [5.74, 6) is 1.94. The molecule has 1 N–H and O–H groups in total. The van der Waals surface area contributed by atoms with Crippen molar-refractivity contribution in [3.8, 4) is 0 Å². The van der Waals surface area contributed by atoms with Crippen LogP contribution in [0.15, 0.2) is 23.3 Å². The molecule has 8 nitrogen and oxygen atoms in total. The van der Waals surface area contributed by atoms with Gasteiger partial charge in [0.05, 0.1) is 17.0 Å². The molecule has 0 unspecified atom stereocenters. The van der Waals surface area contributed by atoms with E-state index in [4.69, 9.17) is 4.99 Å². The monoisotopic (exact) mass is 436 g/mol. The van der Waals surface area contributed by atoms with E-state index in [1.54, 1.807) is 13.8 Å². The van der Waals surface area contributed by atoms with Crippen molar-refractivity contribution in [3.05, 3.63) is 23.9 Å². The van der Waals surface area contributed by atoms with Crippen molar-refractivity contribution in [2.24, 2.45) is 4.99 Å². The van der Waals surface area contributed by atoms with Crippen LogP contribution in [0.25, 0.3) is 0 Å². The number of hydrogen-bond donors (Lipinski definition) is 1. The van der Waals surface area contributed by atoms with E-state index in [0.29, 0.717) is 19.6 Å². The molecule has 9 heteroatoms. The second-order valence-electron chi connectivity index (χ2n) is 8.61. The van der Waals surface area contributed by atoms with Gasteiger partial charge >= 0.3 is 0 Å². The summed E-state index contributed by atoms with van der Waals surface area (Å²) in [4.78, 5) is 16.2. The maximum Gasteiger partial charge on any atom is 0.194 e. The summed E-state index contributed by atoms with van der Waals surface area (Å²) in [6, 6.07) is 4.13. The first-order valence-corrected chi connectivity index (χ1v) is 12.6. The van der Waals surface area contributed by atoms with E-state index in [9.17, 15) is 8.42 Å². The van der Waals surface area contributed by atoms with Crippen LogP contribution in [0.1, 0.15) is 33.3 Å². The Morgan fingerprint density at radius 2 is 1.93 bits per heavy atom. The summed E-state index contributed by atoms with van der Waals surface area (Å²) < 4.78 is 23.9. The maximum absolute atomic E-state index is 12.3. The van der Waals surface area contributed by atoms with Crippen LogP contribution in [-0.4, -0.2) is 92.0 Å². The van der Waals surface area contributed by atoms with Crippen LogP contribution in [0.3, 0.4) is 0 Å². The highest BCUT2D eigenvalue weighted by atomic mass is 32.2. The minimum absolute atomic E-state index is 0.160. The summed E-state index contributed by atoms with van der Waals surface area (Å²) in [5.41, 5.74) is 1.11. The van der Waals surface area contributed by atoms with Crippen LogP contribution < -0.4 is 10.2 Å². The van der Waals surface area contributed by atoms with Crippen molar-refractivity contribution in [3.63, 3.8) is 0 Å². The topological polar surface area (TPSA) is 81.1 Å². The number of aliphatic imine (C=N–C) groups is 1. The van der Waals surface area contributed by atoms with Gasteiger partial charge in [-0.15, -0.1) is 0 Å². The Hall–Kier alpha value is -1.87. The van der Waals surface area contributed by atoms with Crippen LogP contribution in [0.4, 0.5) is 5.82 Å². The fraction of sp³-hybridized carbons (Fsp3) is 0.714. The van der Waals surface area contributed by atoms with Gasteiger partial charge in [-0.1, -0.05) is 6.92 Å². The van der Waals surface area contributed by atoms with Crippen molar-refractivity contribution in [1.82, 2.24) is 20.1 Å². The zero-order valence-electron chi connectivity index (χ0n) is 18.8. The molecule has 0 spiro atoms. The molecule has 0 aliphatic carbocycles. The fourth-order valence-electron chi connectivity index (χ4n) is 3.94. The lowest BCUT2D eigenvalue weighted by atomic mass is 10.2. The molecule has 0 aromatic carbocycles. The van der Waals surface area contributed by atoms with Gasteiger partial charge in [-0.05, 0) is 45.0 Å². The number of guanidine groups is 1. The summed E-state index contributed by atoms with van der Waals surface area (Å²) in [6.45, 7) is 15.2. The predicted octanol–water partition coefficient (Wildman–Crippen LogP) is 1.20. The average molecular weight is 437 g/mol. The Morgan fingerprint density at radius 3 is 2.57 bits per heavy atom. The highest BCUT2D eigenvalue weighted by molar-refractivity contribution is 7.92. The highest BCUT2D eigenvalue weighted by Gasteiger charge is 2.40. The Kier molecular flexibility index (Phi) is 7.23. The van der Waals surface area contributed by atoms with E-state index in [2.05, 4.69) is 38.0 Å². The van der Waals surface area contributed by atoms with Crippen molar-refractivity contribution < 1.29 is 8.42 Å². The van der Waals surface area contributed by atoms with E-state index in [1.807, 2.05) is 19.2 Å². The Balaban J connectivity index is 1.70. The van der Waals surface area contributed by atoms with Gasteiger partial charge in [0, 0.05) is 52.0 Å². The molecule has 168 valence electrons. The van der Waals surface area contributed by atoms with E-state index in [0.717, 1.165) is 56.6 Å². The van der Waals surface area contributed by atoms with Crippen molar-refractivity contribution in [2.75, 3.05) is 63.0 Å². The number of rotatable bonds is 5. The van der Waals surface area contributed by atoms with E-state index >= 15 is 0 Å². The average Bonchev–Trinajstić information content (AvgIpc) is 2.73. The lowest BCUT2D eigenvalue weighted by Gasteiger charge is -2.39. The van der Waals surface area contributed by atoms with E-state index in [1.165, 1.54) is 0 Å². The smallest absolute Gasteiger partial charge is 0.194 e. The molecule has 0 amide bonds. The second kappa shape index (κ2) is 9.51. The molecule has 1 aromatic rings. The predicted molar refractivity (Wildman–Crippen MR) is 123 cm³/mol. The fourth-order valence-corrected chi connectivity index (χ4v) is 5.31. The third-order valence-corrected chi connectivity index (χ3v) is 8.58. The van der Waals surface area contributed by atoms with Crippen LogP contribution in [0, 0.1) is 0 Å². The van der Waals surface area contributed by atoms with Gasteiger partial charge in [-0.3, -0.25) is 0 Å². The number of pyridine rings is 1. The molecule has 0 atom stereocenters. The molecule has 3 rings (SSSR count). The Bertz CT molecular complexity index is 847. The van der Waals surface area contributed by atoms with Crippen LogP contribution in [0.5, 0.6) is 0 Å². The molecule has 0 bridgehead atoms. The molecular formula is C21H36N6O2S. The van der Waals surface area contributed by atoms with Crippen LogP contribution in [-0.2, 0) is 16.4 Å². The van der Waals surface area contributed by atoms with Crippen molar-refractivity contribution >= 4 is 21.6 Å². The summed E-state index contributed by atoms with van der Waals surface area (Å²) >= 11 is 0. The zero-order chi connectivity index (χ0) is 21.8. The van der Waals surface area contributed by atoms with Gasteiger partial charge < -0.3 is 20.0 Å². The van der Waals surface area contributed by atoms with Gasteiger partial charge in [0.25, 0.3) is 0 Å². The van der Waals surface area contributed by atoms with Gasteiger partial charge in [0.2, 0.25) is 0 Å². The maximum atomic E-state index is 12.3. The van der Waals surface area contributed by atoms with Gasteiger partial charge in [-0.25, -0.2) is 18.4 Å². The number of piperazine rings is 1. The lowest BCUT2D eigenvalue weighted by molar-refractivity contribution is 0.270. The second-order valence-corrected chi connectivity index (χ2v) is 11.4. The van der Waals surface area contributed by atoms with Crippen molar-refractivity contribution in [1.29, 1.82) is 0 Å². The first kappa shape index (κ1) is 22.8. The molecule has 1 aromatic heterocycles. The molecule has 30 heavy (non-hydrogen) atoms. The molecule has 0 radical (unpaired) electrons. The van der Waals surface area contributed by atoms with Gasteiger partial charge in [-0.2, -0.15) is 0 Å². The van der Waals surface area contributed by atoms with Crippen LogP contribution >= 0.6 is 0 Å². The first-order chi connectivity index (χ1) is 14.3. The molecule has 2 saturated heterocycles. The first-order valence-electron chi connectivity index (χ1n) is 10.9. The molecule has 0 saturated carbocycles. The molecule has 2 aliphatic rings. The number of sulfone groups is 1. The number of nitrogens with zero attached hydrogens (tertiary/aromatic N) is 5. The SMILES string of the molecule is CCNC(=NCc1ccnc(N2CCN(CC)CC2)c1)N1CCS(=O)(=O)C(C)(C)C1. The Morgan fingerprint density at radius 1 is 1.20 bits per heavy atom. The minimum Gasteiger partial charge on any atom is -0.357 e. The molecule has 2 aliphatic heterocycles. The number of likely N-dealkylation sites (N-methyl/N-ethyl adjacent to an activating group) is 1.